The van der Waals surface area contributed by atoms with Gasteiger partial charge in [0.25, 0.3) is 5.56 Å². The van der Waals surface area contributed by atoms with Gasteiger partial charge < -0.3 is 5.11 Å². The first-order valence-corrected chi connectivity index (χ1v) is 6.94. The molecular formula is C15H19ClN2O2. The largest absolute Gasteiger partial charge is 0.396 e. The topological polar surface area (TPSA) is 58.0 Å². The smallest absolute Gasteiger partial charge is 0.274 e. The Bertz CT molecular complexity index is 665. The average molecular weight is 295 g/mol. The number of rotatable bonds is 3. The molecule has 0 aliphatic rings. The third-order valence-corrected chi connectivity index (χ3v) is 3.51. The van der Waals surface area contributed by atoms with E-state index in [-0.39, 0.29) is 17.6 Å². The molecule has 20 heavy (non-hydrogen) atoms. The number of halogens is 1. The summed E-state index contributed by atoms with van der Waals surface area (Å²) in [7, 11) is 0. The van der Waals surface area contributed by atoms with Crippen molar-refractivity contribution in [1.29, 1.82) is 0 Å². The highest BCUT2D eigenvalue weighted by Gasteiger charge is 2.24. The fourth-order valence-corrected chi connectivity index (χ4v) is 2.46. The van der Waals surface area contributed by atoms with Crippen molar-refractivity contribution in [3.8, 4) is 5.69 Å². The van der Waals surface area contributed by atoms with Crippen molar-refractivity contribution in [2.45, 2.75) is 32.6 Å². The van der Waals surface area contributed by atoms with Gasteiger partial charge in [-0.2, -0.15) is 0 Å². The number of para-hydroxylation sites is 1. The maximum absolute atomic E-state index is 12.5. The maximum Gasteiger partial charge on any atom is 0.274 e. The van der Waals surface area contributed by atoms with Gasteiger partial charge in [-0.25, -0.2) is 4.68 Å². The van der Waals surface area contributed by atoms with E-state index in [1.54, 1.807) is 12.1 Å². The number of hydrogen-bond acceptors (Lipinski definition) is 2. The van der Waals surface area contributed by atoms with Crippen LogP contribution in [-0.4, -0.2) is 21.5 Å². The Morgan fingerprint density at radius 3 is 2.50 bits per heavy atom. The van der Waals surface area contributed by atoms with Crippen LogP contribution in [0.3, 0.4) is 0 Å². The van der Waals surface area contributed by atoms with E-state index in [1.807, 2.05) is 32.9 Å². The van der Waals surface area contributed by atoms with Gasteiger partial charge in [0.2, 0.25) is 0 Å². The minimum Gasteiger partial charge on any atom is -0.396 e. The van der Waals surface area contributed by atoms with Crippen molar-refractivity contribution < 1.29 is 5.11 Å². The fraction of sp³-hybridized carbons (Fsp3) is 0.400. The molecule has 4 nitrogen and oxygen atoms in total. The van der Waals surface area contributed by atoms with Crippen LogP contribution in [0.15, 0.2) is 29.1 Å². The first-order valence-electron chi connectivity index (χ1n) is 6.56. The molecule has 1 aromatic carbocycles. The number of nitrogens with one attached hydrogen (secondary N) is 1. The summed E-state index contributed by atoms with van der Waals surface area (Å²) in [6, 6.07) is 7.18. The summed E-state index contributed by atoms with van der Waals surface area (Å²) in [4.78, 5) is 12.5. The number of benzene rings is 1. The second-order valence-corrected chi connectivity index (χ2v) is 6.19. The monoisotopic (exact) mass is 294 g/mol. The van der Waals surface area contributed by atoms with Crippen LogP contribution >= 0.6 is 11.6 Å². The van der Waals surface area contributed by atoms with E-state index in [0.717, 1.165) is 5.69 Å². The Morgan fingerprint density at radius 1 is 1.30 bits per heavy atom. The summed E-state index contributed by atoms with van der Waals surface area (Å²) in [6.45, 7) is 6.01. The molecule has 0 aliphatic heterocycles. The van der Waals surface area contributed by atoms with Gasteiger partial charge in [0, 0.05) is 29.7 Å². The van der Waals surface area contributed by atoms with Crippen LogP contribution in [0.4, 0.5) is 0 Å². The molecule has 2 N–H and O–H groups in total. The number of aliphatic hydroxyl groups excluding tert-OH is 1. The molecule has 1 aromatic heterocycles. The van der Waals surface area contributed by atoms with Crippen molar-refractivity contribution >= 4 is 11.6 Å². The lowest BCUT2D eigenvalue weighted by atomic mass is 9.89. The molecular weight excluding hydrogens is 276 g/mol. The van der Waals surface area contributed by atoms with Crippen molar-refractivity contribution in [2.75, 3.05) is 6.61 Å². The molecule has 0 spiro atoms. The molecule has 0 saturated heterocycles. The van der Waals surface area contributed by atoms with E-state index < -0.39 is 0 Å². The average Bonchev–Trinajstić information content (AvgIpc) is 2.68. The molecule has 0 bridgehead atoms. The third kappa shape index (κ3) is 2.67. The number of aromatic nitrogens is 2. The quantitative estimate of drug-likeness (QED) is 0.914. The molecule has 108 valence electrons. The van der Waals surface area contributed by atoms with Crippen LogP contribution in [-0.2, 0) is 11.8 Å². The lowest BCUT2D eigenvalue weighted by Crippen LogP contribution is -2.19. The van der Waals surface area contributed by atoms with Crippen LogP contribution in [0.1, 0.15) is 32.0 Å². The summed E-state index contributed by atoms with van der Waals surface area (Å²) in [5, 5.41) is 12.8. The molecule has 2 aromatic rings. The van der Waals surface area contributed by atoms with Crippen LogP contribution in [0.5, 0.6) is 0 Å². The van der Waals surface area contributed by atoms with Gasteiger partial charge in [0.1, 0.15) is 0 Å². The van der Waals surface area contributed by atoms with Crippen LogP contribution in [0.25, 0.3) is 5.69 Å². The molecule has 2 rings (SSSR count). The minimum atomic E-state index is -0.212. The van der Waals surface area contributed by atoms with Gasteiger partial charge >= 0.3 is 0 Å². The predicted molar refractivity (Wildman–Crippen MR) is 80.9 cm³/mol. The van der Waals surface area contributed by atoms with Gasteiger partial charge in [0.15, 0.2) is 0 Å². The van der Waals surface area contributed by atoms with E-state index in [4.69, 9.17) is 11.6 Å². The molecule has 5 heteroatoms. The molecule has 0 aliphatic carbocycles. The highest BCUT2D eigenvalue weighted by atomic mass is 35.5. The zero-order valence-electron chi connectivity index (χ0n) is 11.9. The third-order valence-electron chi connectivity index (χ3n) is 3.19. The number of nitrogens with zero attached hydrogens (tertiary/aromatic N) is 1. The zero-order valence-corrected chi connectivity index (χ0v) is 12.7. The van der Waals surface area contributed by atoms with E-state index in [9.17, 15) is 9.90 Å². The maximum atomic E-state index is 12.5. The van der Waals surface area contributed by atoms with E-state index in [2.05, 4.69) is 5.10 Å². The highest BCUT2D eigenvalue weighted by molar-refractivity contribution is 6.32. The van der Waals surface area contributed by atoms with Crippen molar-refractivity contribution in [3.63, 3.8) is 0 Å². The SMILES string of the molecule is CC(C)(C)c1[nH]n(-c2ccccc2Cl)c(=O)c1CCO. The molecule has 0 saturated carbocycles. The fourth-order valence-electron chi connectivity index (χ4n) is 2.24. The van der Waals surface area contributed by atoms with Gasteiger partial charge in [-0.15, -0.1) is 0 Å². The molecule has 0 fully saturated rings. The van der Waals surface area contributed by atoms with Gasteiger partial charge in [-0.3, -0.25) is 9.89 Å². The Balaban J connectivity index is 2.68. The normalized spacial score (nSPS) is 11.8. The van der Waals surface area contributed by atoms with E-state index in [0.29, 0.717) is 22.7 Å². The van der Waals surface area contributed by atoms with E-state index in [1.165, 1.54) is 4.68 Å². The van der Waals surface area contributed by atoms with Gasteiger partial charge in [0.05, 0.1) is 10.7 Å². The van der Waals surface area contributed by atoms with E-state index >= 15 is 0 Å². The molecule has 1 heterocycles. The number of hydrogen-bond donors (Lipinski definition) is 2. The van der Waals surface area contributed by atoms with Crippen LogP contribution < -0.4 is 5.56 Å². The van der Waals surface area contributed by atoms with Crippen molar-refractivity contribution in [3.05, 3.63) is 50.9 Å². The molecule has 0 radical (unpaired) electrons. The molecule has 0 unspecified atom stereocenters. The summed E-state index contributed by atoms with van der Waals surface area (Å²) in [5.74, 6) is 0. The second-order valence-electron chi connectivity index (χ2n) is 5.78. The zero-order chi connectivity index (χ0) is 14.9. The Kier molecular flexibility index (Phi) is 4.06. The second kappa shape index (κ2) is 5.46. The number of H-pyrrole nitrogens is 1. The first-order chi connectivity index (χ1) is 9.36. The Hall–Kier alpha value is -1.52. The summed E-state index contributed by atoms with van der Waals surface area (Å²) in [5.41, 5.74) is 1.69. The lowest BCUT2D eigenvalue weighted by Gasteiger charge is -2.18. The summed E-state index contributed by atoms with van der Waals surface area (Å²) < 4.78 is 1.45. The predicted octanol–water partition coefficient (Wildman–Crippen LogP) is 2.65. The molecule has 0 atom stereocenters. The Labute approximate surface area is 123 Å². The van der Waals surface area contributed by atoms with Gasteiger partial charge in [-0.05, 0) is 12.1 Å². The Morgan fingerprint density at radius 2 is 1.95 bits per heavy atom. The van der Waals surface area contributed by atoms with Crippen molar-refractivity contribution in [1.82, 2.24) is 9.78 Å². The summed E-state index contributed by atoms with van der Waals surface area (Å²) in [6.07, 6.45) is 0.333. The number of aromatic amines is 1. The first kappa shape index (κ1) is 14.9. The standard InChI is InChI=1S/C15H19ClN2O2/c1-15(2,3)13-10(8-9-19)14(20)18(17-13)12-7-5-4-6-11(12)16/h4-7,17,19H,8-9H2,1-3H3. The molecule has 0 amide bonds. The minimum absolute atomic E-state index is 0.0569. The van der Waals surface area contributed by atoms with Crippen LogP contribution in [0.2, 0.25) is 5.02 Å². The van der Waals surface area contributed by atoms with Gasteiger partial charge in [-0.1, -0.05) is 44.5 Å². The van der Waals surface area contributed by atoms with Crippen molar-refractivity contribution in [2.24, 2.45) is 0 Å². The van der Waals surface area contributed by atoms with Crippen LogP contribution in [0, 0.1) is 0 Å². The summed E-state index contributed by atoms with van der Waals surface area (Å²) >= 11 is 6.15. The lowest BCUT2D eigenvalue weighted by molar-refractivity contribution is 0.298. The number of aliphatic hydroxyl groups is 1. The highest BCUT2D eigenvalue weighted by Crippen LogP contribution is 2.25.